The third-order valence-electron chi connectivity index (χ3n) is 2.53. The second-order valence-corrected chi connectivity index (χ2v) is 6.14. The van der Waals surface area contributed by atoms with E-state index in [1.165, 1.54) is 6.42 Å². The van der Waals surface area contributed by atoms with Crippen LogP contribution in [0.15, 0.2) is 11.4 Å². The van der Waals surface area contributed by atoms with Crippen molar-refractivity contribution in [2.75, 3.05) is 6.16 Å². The highest BCUT2D eigenvalue weighted by Gasteiger charge is 2.23. The summed E-state index contributed by atoms with van der Waals surface area (Å²) in [6, 6.07) is 0. The lowest BCUT2D eigenvalue weighted by Crippen LogP contribution is -1.97. The molecule has 1 atom stereocenters. The van der Waals surface area contributed by atoms with Gasteiger partial charge in [-0.15, -0.1) is 0 Å². The lowest BCUT2D eigenvalue weighted by molar-refractivity contribution is 0.479. The molecule has 1 aliphatic carbocycles. The maximum atomic E-state index is 11.8. The van der Waals surface area contributed by atoms with Crippen molar-refractivity contribution in [2.45, 2.75) is 45.4 Å². The Labute approximate surface area is 80.5 Å². The van der Waals surface area contributed by atoms with Gasteiger partial charge in [0.25, 0.3) is 0 Å². The first kappa shape index (κ1) is 11.0. The zero-order valence-electron chi connectivity index (χ0n) is 8.33. The minimum absolute atomic E-state index is 0.481. The lowest BCUT2D eigenvalue weighted by Gasteiger charge is -2.18. The summed E-state index contributed by atoms with van der Waals surface area (Å²) in [5.74, 6) is 0. The zero-order valence-corrected chi connectivity index (χ0v) is 9.22. The molecule has 0 amide bonds. The fraction of sp³-hybridized carbons (Fsp3) is 0.800. The molecule has 0 radical (unpaired) electrons. The molecule has 1 rings (SSSR count). The number of allylic oxidation sites excluding steroid dienone is 2. The average Bonchev–Trinajstić information content (AvgIpc) is 2.16. The molecule has 0 saturated carbocycles. The summed E-state index contributed by atoms with van der Waals surface area (Å²) < 4.78 is 11.8. The highest BCUT2D eigenvalue weighted by atomic mass is 31.2. The molecule has 76 valence electrons. The molecule has 0 spiro atoms. The third-order valence-corrected chi connectivity index (χ3v) is 4.76. The van der Waals surface area contributed by atoms with Gasteiger partial charge in [0.15, 0.2) is 0 Å². The van der Waals surface area contributed by atoms with E-state index in [4.69, 9.17) is 0 Å². The van der Waals surface area contributed by atoms with Crippen LogP contribution in [0.5, 0.6) is 0 Å². The first-order valence-corrected chi connectivity index (χ1v) is 7.02. The fourth-order valence-corrected chi connectivity index (χ4v) is 3.61. The van der Waals surface area contributed by atoms with E-state index < -0.39 is 7.37 Å². The fourth-order valence-electron chi connectivity index (χ4n) is 1.65. The summed E-state index contributed by atoms with van der Waals surface area (Å²) in [4.78, 5) is 9.76. The molecule has 13 heavy (non-hydrogen) atoms. The minimum atomic E-state index is -2.92. The van der Waals surface area contributed by atoms with Crippen LogP contribution in [0.2, 0.25) is 0 Å². The minimum Gasteiger partial charge on any atom is -0.341 e. The quantitative estimate of drug-likeness (QED) is 0.708. The van der Waals surface area contributed by atoms with E-state index in [1.807, 2.05) is 6.08 Å². The molecule has 0 aromatic heterocycles. The standard InChI is InChI=1S/C10H19O2P/c1-2-3-9-13(11,12)10-7-5-4-6-8-10/h7H,2-6,8-9H2,1H3,(H,11,12). The smallest absolute Gasteiger partial charge is 0.225 e. The van der Waals surface area contributed by atoms with Crippen LogP contribution >= 0.6 is 7.37 Å². The monoisotopic (exact) mass is 202 g/mol. The van der Waals surface area contributed by atoms with E-state index in [2.05, 4.69) is 6.92 Å². The highest BCUT2D eigenvalue weighted by molar-refractivity contribution is 7.62. The van der Waals surface area contributed by atoms with Crippen LogP contribution in [0, 0.1) is 0 Å². The predicted molar refractivity (Wildman–Crippen MR) is 56.2 cm³/mol. The van der Waals surface area contributed by atoms with Gasteiger partial charge in [0.05, 0.1) is 0 Å². The van der Waals surface area contributed by atoms with E-state index >= 15 is 0 Å². The summed E-state index contributed by atoms with van der Waals surface area (Å²) in [6.07, 6.45) is 8.43. The van der Waals surface area contributed by atoms with Crippen molar-refractivity contribution in [1.82, 2.24) is 0 Å². The van der Waals surface area contributed by atoms with E-state index in [0.29, 0.717) is 6.16 Å². The molecule has 0 aromatic carbocycles. The van der Waals surface area contributed by atoms with Gasteiger partial charge in [-0.25, -0.2) is 0 Å². The molecule has 0 saturated heterocycles. The summed E-state index contributed by atoms with van der Waals surface area (Å²) in [6.45, 7) is 2.05. The SMILES string of the molecule is CCCCP(=O)(O)C1=CCCCC1. The maximum Gasteiger partial charge on any atom is 0.225 e. The average molecular weight is 202 g/mol. The number of unbranched alkanes of at least 4 members (excludes halogenated alkanes) is 1. The van der Waals surface area contributed by atoms with Crippen LogP contribution in [-0.2, 0) is 4.57 Å². The normalized spacial score (nSPS) is 22.2. The van der Waals surface area contributed by atoms with E-state index in [-0.39, 0.29) is 0 Å². The Balaban J connectivity index is 2.56. The Morgan fingerprint density at radius 1 is 1.54 bits per heavy atom. The van der Waals surface area contributed by atoms with Crippen molar-refractivity contribution in [3.05, 3.63) is 11.4 Å². The Hall–Kier alpha value is -0.0700. The third kappa shape index (κ3) is 3.28. The van der Waals surface area contributed by atoms with Crippen LogP contribution in [0.4, 0.5) is 0 Å². The van der Waals surface area contributed by atoms with Crippen molar-refractivity contribution < 1.29 is 9.46 Å². The van der Waals surface area contributed by atoms with Crippen LogP contribution < -0.4 is 0 Å². The van der Waals surface area contributed by atoms with Gasteiger partial charge in [0.2, 0.25) is 7.37 Å². The van der Waals surface area contributed by atoms with Gasteiger partial charge in [-0.1, -0.05) is 19.4 Å². The Morgan fingerprint density at radius 3 is 2.85 bits per heavy atom. The first-order valence-electron chi connectivity index (χ1n) is 5.18. The van der Waals surface area contributed by atoms with Gasteiger partial charge in [0.1, 0.15) is 0 Å². The zero-order chi connectivity index (χ0) is 9.73. The molecule has 3 heteroatoms. The molecule has 1 N–H and O–H groups in total. The summed E-state index contributed by atoms with van der Waals surface area (Å²) in [7, 11) is -2.92. The van der Waals surface area contributed by atoms with E-state index in [9.17, 15) is 9.46 Å². The molecule has 1 aliphatic rings. The Kier molecular flexibility index (Phi) is 4.21. The van der Waals surface area contributed by atoms with Crippen LogP contribution in [-0.4, -0.2) is 11.1 Å². The molecular weight excluding hydrogens is 183 g/mol. The number of rotatable bonds is 4. The van der Waals surface area contributed by atoms with Crippen LogP contribution in [0.1, 0.15) is 45.4 Å². The van der Waals surface area contributed by atoms with E-state index in [0.717, 1.165) is 37.4 Å². The van der Waals surface area contributed by atoms with Crippen molar-refractivity contribution in [2.24, 2.45) is 0 Å². The number of hydrogen-bond donors (Lipinski definition) is 1. The Morgan fingerprint density at radius 2 is 2.31 bits per heavy atom. The summed E-state index contributed by atoms with van der Waals surface area (Å²) >= 11 is 0. The van der Waals surface area contributed by atoms with Gasteiger partial charge >= 0.3 is 0 Å². The van der Waals surface area contributed by atoms with Gasteiger partial charge in [-0.05, 0) is 32.1 Å². The van der Waals surface area contributed by atoms with Crippen molar-refractivity contribution in [3.63, 3.8) is 0 Å². The number of hydrogen-bond acceptors (Lipinski definition) is 1. The van der Waals surface area contributed by atoms with Gasteiger partial charge in [0, 0.05) is 11.5 Å². The predicted octanol–water partition coefficient (Wildman–Crippen LogP) is 3.51. The molecule has 0 bridgehead atoms. The molecule has 0 fully saturated rings. The first-order chi connectivity index (χ1) is 6.17. The highest BCUT2D eigenvalue weighted by Crippen LogP contribution is 2.53. The molecule has 2 nitrogen and oxygen atoms in total. The maximum absolute atomic E-state index is 11.8. The van der Waals surface area contributed by atoms with Crippen LogP contribution in [0.25, 0.3) is 0 Å². The second-order valence-electron chi connectivity index (χ2n) is 3.72. The van der Waals surface area contributed by atoms with Gasteiger partial charge < -0.3 is 4.89 Å². The van der Waals surface area contributed by atoms with Crippen molar-refractivity contribution in [3.8, 4) is 0 Å². The largest absolute Gasteiger partial charge is 0.341 e. The molecule has 0 aromatic rings. The van der Waals surface area contributed by atoms with E-state index in [1.54, 1.807) is 0 Å². The van der Waals surface area contributed by atoms with Crippen molar-refractivity contribution >= 4 is 7.37 Å². The molecule has 0 heterocycles. The Bertz CT molecular complexity index is 233. The lowest BCUT2D eigenvalue weighted by atomic mass is 10.1. The summed E-state index contributed by atoms with van der Waals surface area (Å²) in [5, 5.41) is 0.840. The summed E-state index contributed by atoms with van der Waals surface area (Å²) in [5.41, 5.74) is 0. The molecular formula is C10H19O2P. The van der Waals surface area contributed by atoms with Gasteiger partial charge in [-0.2, -0.15) is 0 Å². The molecule has 1 unspecified atom stereocenters. The van der Waals surface area contributed by atoms with Crippen molar-refractivity contribution in [1.29, 1.82) is 0 Å². The van der Waals surface area contributed by atoms with Gasteiger partial charge in [-0.3, -0.25) is 4.57 Å². The topological polar surface area (TPSA) is 37.3 Å². The molecule has 0 aliphatic heterocycles. The second kappa shape index (κ2) is 4.97. The van der Waals surface area contributed by atoms with Crippen LogP contribution in [0.3, 0.4) is 0 Å².